The summed E-state index contributed by atoms with van der Waals surface area (Å²) in [6.07, 6.45) is 0. The zero-order valence-electron chi connectivity index (χ0n) is 16.3. The van der Waals surface area contributed by atoms with Crippen molar-refractivity contribution < 1.29 is 18.7 Å². The van der Waals surface area contributed by atoms with Gasteiger partial charge in [0.25, 0.3) is 0 Å². The molecule has 0 aliphatic rings. The maximum Gasteiger partial charge on any atom is 0.237 e. The third-order valence-corrected chi connectivity index (χ3v) is 5.52. The van der Waals surface area contributed by atoms with E-state index in [0.29, 0.717) is 33.7 Å². The van der Waals surface area contributed by atoms with Crippen LogP contribution in [0, 0.1) is 5.82 Å². The average molecular weight is 452 g/mol. The van der Waals surface area contributed by atoms with Crippen molar-refractivity contribution in [2.45, 2.75) is 17.3 Å². The molecule has 0 bridgehead atoms. The number of hydrogen-bond acceptors (Lipinski definition) is 7. The Morgan fingerprint density at radius 1 is 1.20 bits per heavy atom. The van der Waals surface area contributed by atoms with E-state index in [2.05, 4.69) is 15.5 Å². The monoisotopic (exact) mass is 451 g/mol. The molecule has 8 nitrogen and oxygen atoms in total. The van der Waals surface area contributed by atoms with Gasteiger partial charge in [-0.2, -0.15) is 0 Å². The lowest BCUT2D eigenvalue weighted by atomic mass is 10.2. The Balaban J connectivity index is 1.75. The van der Waals surface area contributed by atoms with Gasteiger partial charge in [0, 0.05) is 5.56 Å². The van der Waals surface area contributed by atoms with Crippen LogP contribution in [0.3, 0.4) is 0 Å². The van der Waals surface area contributed by atoms with Crippen LogP contribution >= 0.6 is 23.4 Å². The number of ether oxygens (including phenoxy) is 2. The number of methoxy groups -OCH3 is 2. The van der Waals surface area contributed by atoms with E-state index in [1.807, 2.05) is 0 Å². The number of halogens is 2. The molecule has 2 aromatic carbocycles. The third-order valence-electron chi connectivity index (χ3n) is 4.15. The van der Waals surface area contributed by atoms with Crippen LogP contribution in [-0.2, 0) is 4.79 Å². The molecule has 30 heavy (non-hydrogen) atoms. The number of carbonyl (C=O) groups excluding carboxylic acids is 1. The molecule has 1 heterocycles. The molecule has 1 amide bonds. The van der Waals surface area contributed by atoms with Gasteiger partial charge in [-0.05, 0) is 43.3 Å². The van der Waals surface area contributed by atoms with Crippen LogP contribution in [0.2, 0.25) is 5.02 Å². The fraction of sp³-hybridized carbons (Fsp3) is 0.211. The zero-order valence-corrected chi connectivity index (χ0v) is 17.9. The molecule has 3 rings (SSSR count). The molecule has 3 aromatic rings. The average Bonchev–Trinajstić information content (AvgIpc) is 3.09. The van der Waals surface area contributed by atoms with Gasteiger partial charge in [0.05, 0.1) is 30.2 Å². The summed E-state index contributed by atoms with van der Waals surface area (Å²) in [4.78, 5) is 12.5. The lowest BCUT2D eigenvalue weighted by Crippen LogP contribution is -2.23. The number of nitrogens with one attached hydrogen (secondary N) is 1. The van der Waals surface area contributed by atoms with Gasteiger partial charge in [-0.3, -0.25) is 4.79 Å². The van der Waals surface area contributed by atoms with Crippen molar-refractivity contribution >= 4 is 35.0 Å². The van der Waals surface area contributed by atoms with E-state index in [4.69, 9.17) is 26.9 Å². The van der Waals surface area contributed by atoms with Crippen LogP contribution in [-0.4, -0.2) is 40.3 Å². The molecule has 0 saturated carbocycles. The van der Waals surface area contributed by atoms with Crippen LogP contribution in [0.15, 0.2) is 41.6 Å². The van der Waals surface area contributed by atoms with Crippen molar-refractivity contribution in [3.63, 3.8) is 0 Å². The maximum atomic E-state index is 13.2. The second kappa shape index (κ2) is 9.23. The van der Waals surface area contributed by atoms with Crippen LogP contribution < -0.4 is 20.6 Å². The number of carbonyl (C=O) groups is 1. The van der Waals surface area contributed by atoms with E-state index < -0.39 is 11.1 Å². The number of hydrogen-bond donors (Lipinski definition) is 2. The molecule has 11 heteroatoms. The maximum absolute atomic E-state index is 13.2. The highest BCUT2D eigenvalue weighted by atomic mass is 35.5. The van der Waals surface area contributed by atoms with Crippen molar-refractivity contribution in [1.29, 1.82) is 0 Å². The number of nitrogen functional groups attached to an aromatic ring is 1. The zero-order chi connectivity index (χ0) is 21.8. The van der Waals surface area contributed by atoms with Gasteiger partial charge >= 0.3 is 0 Å². The summed E-state index contributed by atoms with van der Waals surface area (Å²) in [6.45, 7) is 1.68. The first-order valence-corrected chi connectivity index (χ1v) is 9.95. The lowest BCUT2D eigenvalue weighted by Gasteiger charge is -2.13. The standard InChI is InChI=1S/C19H19ClFN5O3S/c1-10(18(27)23-14-6-5-12(21)9-13(14)20)30-19-25-24-17(26(19)22)11-4-7-15(28-2)16(8-11)29-3/h4-10H,22H2,1-3H3,(H,23,27)/t10-/m1/s1. The normalized spacial score (nSPS) is 11.8. The Bertz CT molecular complexity index is 1080. The van der Waals surface area contributed by atoms with Gasteiger partial charge in [-0.25, -0.2) is 9.07 Å². The largest absolute Gasteiger partial charge is 0.493 e. The number of rotatable bonds is 7. The van der Waals surface area contributed by atoms with Gasteiger partial charge in [0.1, 0.15) is 5.82 Å². The summed E-state index contributed by atoms with van der Waals surface area (Å²) in [5, 5.41) is 10.7. The number of anilines is 1. The minimum atomic E-state index is -0.573. The quantitative estimate of drug-likeness (QED) is 0.417. The lowest BCUT2D eigenvalue weighted by molar-refractivity contribution is -0.115. The number of amides is 1. The van der Waals surface area contributed by atoms with E-state index >= 15 is 0 Å². The van der Waals surface area contributed by atoms with Crippen molar-refractivity contribution in [3.05, 3.63) is 47.2 Å². The fourth-order valence-corrected chi connectivity index (χ4v) is 3.55. The van der Waals surface area contributed by atoms with Crippen molar-refractivity contribution in [3.8, 4) is 22.9 Å². The predicted molar refractivity (Wildman–Crippen MR) is 114 cm³/mol. The predicted octanol–water partition coefficient (Wildman–Crippen LogP) is 3.59. The number of aromatic nitrogens is 3. The van der Waals surface area contributed by atoms with Gasteiger partial charge < -0.3 is 20.6 Å². The molecule has 0 aliphatic carbocycles. The summed E-state index contributed by atoms with van der Waals surface area (Å²) in [5.41, 5.74) is 0.987. The molecule has 0 unspecified atom stereocenters. The van der Waals surface area contributed by atoms with Crippen LogP contribution in [0.5, 0.6) is 11.5 Å². The molecule has 158 valence electrons. The summed E-state index contributed by atoms with van der Waals surface area (Å²) in [7, 11) is 3.08. The first kappa shape index (κ1) is 21.7. The van der Waals surface area contributed by atoms with Crippen LogP contribution in [0.4, 0.5) is 10.1 Å². The van der Waals surface area contributed by atoms with Gasteiger partial charge in [-0.15, -0.1) is 10.2 Å². The van der Waals surface area contributed by atoms with Crippen LogP contribution in [0.1, 0.15) is 6.92 Å². The summed E-state index contributed by atoms with van der Waals surface area (Å²) < 4.78 is 25.0. The Labute approximate surface area is 181 Å². The molecular formula is C19H19ClFN5O3S. The summed E-state index contributed by atoms with van der Waals surface area (Å²) >= 11 is 7.07. The summed E-state index contributed by atoms with van der Waals surface area (Å²) in [6, 6.07) is 8.97. The number of nitrogens with two attached hydrogens (primary N) is 1. The van der Waals surface area contributed by atoms with E-state index in [0.717, 1.165) is 17.8 Å². The molecule has 0 fully saturated rings. The van der Waals surface area contributed by atoms with E-state index in [1.165, 1.54) is 23.9 Å². The Kier molecular flexibility index (Phi) is 6.68. The SMILES string of the molecule is COc1ccc(-c2nnc(S[C@H](C)C(=O)Nc3ccc(F)cc3Cl)n2N)cc1OC. The molecule has 1 aromatic heterocycles. The number of benzene rings is 2. The molecule has 3 N–H and O–H groups in total. The third kappa shape index (κ3) is 4.60. The first-order valence-electron chi connectivity index (χ1n) is 8.69. The van der Waals surface area contributed by atoms with Gasteiger partial charge in [0.15, 0.2) is 17.3 Å². The molecule has 1 atom stereocenters. The topological polar surface area (TPSA) is 104 Å². The highest BCUT2D eigenvalue weighted by Gasteiger charge is 2.21. The highest BCUT2D eigenvalue weighted by molar-refractivity contribution is 8.00. The fourth-order valence-electron chi connectivity index (χ4n) is 2.57. The number of nitrogens with zero attached hydrogens (tertiary/aromatic N) is 3. The van der Waals surface area contributed by atoms with E-state index in [9.17, 15) is 9.18 Å². The summed E-state index contributed by atoms with van der Waals surface area (Å²) in [5.74, 6) is 6.81. The first-order chi connectivity index (χ1) is 14.3. The van der Waals surface area contributed by atoms with Crippen molar-refractivity contribution in [2.75, 3.05) is 25.4 Å². The minimum absolute atomic E-state index is 0.110. The second-order valence-corrected chi connectivity index (χ2v) is 7.83. The highest BCUT2D eigenvalue weighted by Crippen LogP contribution is 2.33. The van der Waals surface area contributed by atoms with E-state index in [1.54, 1.807) is 32.2 Å². The Morgan fingerprint density at radius 2 is 1.93 bits per heavy atom. The van der Waals surface area contributed by atoms with Crippen molar-refractivity contribution in [1.82, 2.24) is 14.9 Å². The smallest absolute Gasteiger partial charge is 0.237 e. The molecule has 0 aliphatic heterocycles. The Morgan fingerprint density at radius 3 is 2.60 bits per heavy atom. The minimum Gasteiger partial charge on any atom is -0.493 e. The molecule has 0 radical (unpaired) electrons. The molecule has 0 saturated heterocycles. The second-order valence-electron chi connectivity index (χ2n) is 6.12. The molecule has 0 spiro atoms. The van der Waals surface area contributed by atoms with Gasteiger partial charge in [0.2, 0.25) is 11.1 Å². The van der Waals surface area contributed by atoms with Gasteiger partial charge in [-0.1, -0.05) is 23.4 Å². The number of thioether (sulfide) groups is 1. The Hall–Kier alpha value is -2.98. The van der Waals surface area contributed by atoms with E-state index in [-0.39, 0.29) is 10.9 Å². The molecular weight excluding hydrogens is 433 g/mol. The van der Waals surface area contributed by atoms with Crippen molar-refractivity contribution in [2.24, 2.45) is 0 Å². The van der Waals surface area contributed by atoms with Crippen LogP contribution in [0.25, 0.3) is 11.4 Å².